The molecule has 0 amide bonds. The van der Waals surface area contributed by atoms with Crippen molar-refractivity contribution in [2.24, 2.45) is 5.92 Å². The second kappa shape index (κ2) is 5.49. The lowest BCUT2D eigenvalue weighted by Crippen LogP contribution is -2.35. The summed E-state index contributed by atoms with van der Waals surface area (Å²) in [6.07, 6.45) is 1.15. The van der Waals surface area contributed by atoms with Crippen LogP contribution in [0.1, 0.15) is 39.7 Å². The summed E-state index contributed by atoms with van der Waals surface area (Å²) in [5.74, 6) is 0.561. The van der Waals surface area contributed by atoms with Gasteiger partial charge < -0.3 is 10.2 Å². The van der Waals surface area contributed by atoms with E-state index < -0.39 is 0 Å². The fraction of sp³-hybridized carbons (Fsp3) is 0.625. The van der Waals surface area contributed by atoms with Crippen LogP contribution in [0.15, 0.2) is 18.2 Å². The second-order valence-electron chi connectivity index (χ2n) is 6.69. The lowest BCUT2D eigenvalue weighted by atomic mass is 10.1. The van der Waals surface area contributed by atoms with Crippen molar-refractivity contribution in [3.8, 4) is 0 Å². The maximum atomic E-state index is 14.2. The average molecular weight is 264 g/mol. The van der Waals surface area contributed by atoms with Gasteiger partial charge in [-0.1, -0.05) is 19.1 Å². The van der Waals surface area contributed by atoms with Crippen LogP contribution >= 0.6 is 0 Å². The lowest BCUT2D eigenvalue weighted by Gasteiger charge is -2.25. The molecule has 0 bridgehead atoms. The van der Waals surface area contributed by atoms with Gasteiger partial charge in [-0.15, -0.1) is 0 Å². The van der Waals surface area contributed by atoms with Gasteiger partial charge in [0.15, 0.2) is 0 Å². The Morgan fingerprint density at radius 2 is 2.11 bits per heavy atom. The number of rotatable bonds is 3. The van der Waals surface area contributed by atoms with Gasteiger partial charge in [-0.2, -0.15) is 0 Å². The minimum atomic E-state index is -0.0951. The summed E-state index contributed by atoms with van der Waals surface area (Å²) in [5, 5.41) is 3.45. The highest BCUT2D eigenvalue weighted by atomic mass is 19.1. The third-order valence-corrected chi connectivity index (χ3v) is 3.62. The van der Waals surface area contributed by atoms with Crippen molar-refractivity contribution in [2.75, 3.05) is 18.0 Å². The molecule has 106 valence electrons. The maximum Gasteiger partial charge on any atom is 0.146 e. The zero-order valence-electron chi connectivity index (χ0n) is 12.5. The van der Waals surface area contributed by atoms with E-state index in [1.54, 1.807) is 12.1 Å². The van der Waals surface area contributed by atoms with E-state index in [9.17, 15) is 4.39 Å². The van der Waals surface area contributed by atoms with E-state index in [1.165, 1.54) is 0 Å². The minimum Gasteiger partial charge on any atom is -0.369 e. The number of benzene rings is 1. The molecule has 1 heterocycles. The first kappa shape index (κ1) is 14.3. The zero-order valence-corrected chi connectivity index (χ0v) is 12.5. The van der Waals surface area contributed by atoms with Gasteiger partial charge in [0.2, 0.25) is 0 Å². The smallest absolute Gasteiger partial charge is 0.146 e. The number of nitrogens with zero attached hydrogens (tertiary/aromatic N) is 1. The third kappa shape index (κ3) is 3.69. The predicted octanol–water partition coefficient (Wildman–Crippen LogP) is 3.56. The molecule has 0 aromatic heterocycles. The Morgan fingerprint density at radius 1 is 1.37 bits per heavy atom. The second-order valence-corrected chi connectivity index (χ2v) is 6.69. The number of para-hydroxylation sites is 1. The maximum absolute atomic E-state index is 14.2. The first-order chi connectivity index (χ1) is 8.87. The largest absolute Gasteiger partial charge is 0.369 e. The summed E-state index contributed by atoms with van der Waals surface area (Å²) in [4.78, 5) is 2.19. The number of anilines is 1. The van der Waals surface area contributed by atoms with Gasteiger partial charge >= 0.3 is 0 Å². The molecule has 1 saturated heterocycles. The number of halogens is 1. The molecule has 1 aliphatic heterocycles. The molecule has 1 fully saturated rings. The average Bonchev–Trinajstić information content (AvgIpc) is 2.72. The summed E-state index contributed by atoms with van der Waals surface area (Å²) in [6.45, 7) is 11.3. The van der Waals surface area contributed by atoms with Crippen LogP contribution in [-0.2, 0) is 6.54 Å². The van der Waals surface area contributed by atoms with Crippen molar-refractivity contribution < 1.29 is 4.39 Å². The quantitative estimate of drug-likeness (QED) is 0.898. The van der Waals surface area contributed by atoms with Crippen molar-refractivity contribution in [1.82, 2.24) is 5.32 Å². The molecule has 1 aliphatic rings. The molecule has 2 rings (SSSR count). The Hall–Kier alpha value is -1.09. The fourth-order valence-corrected chi connectivity index (χ4v) is 2.56. The molecule has 0 radical (unpaired) electrons. The van der Waals surface area contributed by atoms with Gasteiger partial charge in [0.1, 0.15) is 5.82 Å². The summed E-state index contributed by atoms with van der Waals surface area (Å²) in [5.41, 5.74) is 1.90. The Labute approximate surface area is 116 Å². The van der Waals surface area contributed by atoms with E-state index in [0.717, 1.165) is 30.8 Å². The molecule has 19 heavy (non-hydrogen) atoms. The summed E-state index contributed by atoms with van der Waals surface area (Å²) in [6, 6.07) is 5.40. The number of nitrogens with one attached hydrogen (secondary N) is 1. The van der Waals surface area contributed by atoms with E-state index >= 15 is 0 Å². The van der Waals surface area contributed by atoms with E-state index in [2.05, 4.69) is 37.9 Å². The van der Waals surface area contributed by atoms with Crippen molar-refractivity contribution in [3.05, 3.63) is 29.6 Å². The summed E-state index contributed by atoms with van der Waals surface area (Å²) >= 11 is 0. The topological polar surface area (TPSA) is 15.3 Å². The molecular formula is C16H25FN2. The van der Waals surface area contributed by atoms with Gasteiger partial charge in [0.05, 0.1) is 5.69 Å². The highest BCUT2D eigenvalue weighted by Gasteiger charge is 2.24. The van der Waals surface area contributed by atoms with Gasteiger partial charge in [-0.25, -0.2) is 4.39 Å². The summed E-state index contributed by atoms with van der Waals surface area (Å²) in [7, 11) is 0. The lowest BCUT2D eigenvalue weighted by molar-refractivity contribution is 0.423. The zero-order chi connectivity index (χ0) is 14.0. The van der Waals surface area contributed by atoms with Gasteiger partial charge in [-0.3, -0.25) is 0 Å². The van der Waals surface area contributed by atoms with Crippen molar-refractivity contribution in [1.29, 1.82) is 0 Å². The highest BCUT2D eigenvalue weighted by molar-refractivity contribution is 5.55. The standard InChI is InChI=1S/C16H25FN2/c1-12-8-9-19(11-12)15-13(6-5-7-14(15)17)10-18-16(2,3)4/h5-7,12,18H,8-11H2,1-4H3. The van der Waals surface area contributed by atoms with Crippen LogP contribution in [0.25, 0.3) is 0 Å². The van der Waals surface area contributed by atoms with Gasteiger partial charge in [0.25, 0.3) is 0 Å². The molecule has 1 aromatic rings. The third-order valence-electron chi connectivity index (χ3n) is 3.62. The Bertz CT molecular complexity index is 437. The van der Waals surface area contributed by atoms with Gasteiger partial charge in [-0.05, 0) is 44.7 Å². The molecule has 0 spiro atoms. The molecule has 1 atom stereocenters. The molecule has 1 N–H and O–H groups in total. The Morgan fingerprint density at radius 3 is 2.68 bits per heavy atom. The number of hydrogen-bond donors (Lipinski definition) is 1. The van der Waals surface area contributed by atoms with Crippen LogP contribution in [0.2, 0.25) is 0 Å². The Balaban J connectivity index is 2.21. The summed E-state index contributed by atoms with van der Waals surface area (Å²) < 4.78 is 14.2. The monoisotopic (exact) mass is 264 g/mol. The van der Waals surface area contributed by atoms with E-state index in [-0.39, 0.29) is 11.4 Å². The van der Waals surface area contributed by atoms with Gasteiger partial charge in [0, 0.05) is 25.2 Å². The van der Waals surface area contributed by atoms with Crippen LogP contribution in [0.3, 0.4) is 0 Å². The van der Waals surface area contributed by atoms with Crippen LogP contribution in [0.4, 0.5) is 10.1 Å². The normalized spacial score (nSPS) is 20.1. The minimum absolute atomic E-state index is 0.0435. The molecule has 0 saturated carbocycles. The Kier molecular flexibility index (Phi) is 4.14. The van der Waals surface area contributed by atoms with Crippen LogP contribution in [0, 0.1) is 11.7 Å². The molecule has 3 heteroatoms. The first-order valence-electron chi connectivity index (χ1n) is 7.14. The van der Waals surface area contributed by atoms with Crippen molar-refractivity contribution in [2.45, 2.75) is 46.2 Å². The van der Waals surface area contributed by atoms with E-state index in [1.807, 2.05) is 6.07 Å². The SMILES string of the molecule is CC1CCN(c2c(F)cccc2CNC(C)(C)C)C1. The first-order valence-corrected chi connectivity index (χ1v) is 7.14. The molecule has 2 nitrogen and oxygen atoms in total. The van der Waals surface area contributed by atoms with Crippen LogP contribution in [0.5, 0.6) is 0 Å². The van der Waals surface area contributed by atoms with Crippen LogP contribution in [-0.4, -0.2) is 18.6 Å². The molecule has 0 aliphatic carbocycles. The molecule has 1 unspecified atom stereocenters. The van der Waals surface area contributed by atoms with E-state index in [4.69, 9.17) is 0 Å². The predicted molar refractivity (Wildman–Crippen MR) is 79.0 cm³/mol. The fourth-order valence-electron chi connectivity index (χ4n) is 2.56. The molecule has 1 aromatic carbocycles. The molecular weight excluding hydrogens is 239 g/mol. The van der Waals surface area contributed by atoms with E-state index in [0.29, 0.717) is 12.5 Å². The van der Waals surface area contributed by atoms with Crippen molar-refractivity contribution in [3.63, 3.8) is 0 Å². The van der Waals surface area contributed by atoms with Crippen LogP contribution < -0.4 is 10.2 Å². The van der Waals surface area contributed by atoms with Crippen molar-refractivity contribution >= 4 is 5.69 Å². The highest BCUT2D eigenvalue weighted by Crippen LogP contribution is 2.29. The number of hydrogen-bond acceptors (Lipinski definition) is 2.